The van der Waals surface area contributed by atoms with Crippen LogP contribution in [0.4, 0.5) is 0 Å². The van der Waals surface area contributed by atoms with Gasteiger partial charge in [-0.1, -0.05) is 42.1 Å². The second-order valence-electron chi connectivity index (χ2n) is 5.72. The summed E-state index contributed by atoms with van der Waals surface area (Å²) in [7, 11) is 0. The molecule has 0 saturated carbocycles. The highest BCUT2D eigenvalue weighted by Crippen LogP contribution is 2.30. The van der Waals surface area contributed by atoms with Gasteiger partial charge in [0.2, 0.25) is 5.91 Å². The topological polar surface area (TPSA) is 88.9 Å². The summed E-state index contributed by atoms with van der Waals surface area (Å²) in [5, 5.41) is 13.0. The first-order valence-corrected chi connectivity index (χ1v) is 11.3. The van der Waals surface area contributed by atoms with Crippen LogP contribution in [-0.4, -0.2) is 32.3 Å². The third kappa shape index (κ3) is 4.56. The molecule has 4 rings (SSSR count). The van der Waals surface area contributed by atoms with Crippen LogP contribution in [0.25, 0.3) is 16.4 Å². The van der Waals surface area contributed by atoms with Crippen LogP contribution in [0.1, 0.15) is 9.67 Å². The van der Waals surface area contributed by atoms with Gasteiger partial charge in [-0.25, -0.2) is 0 Å². The molecule has 4 aromatic rings. The van der Waals surface area contributed by atoms with Gasteiger partial charge in [-0.15, -0.1) is 32.9 Å². The van der Waals surface area contributed by atoms with Crippen LogP contribution < -0.4 is 10.9 Å². The van der Waals surface area contributed by atoms with E-state index >= 15 is 0 Å². The molecule has 0 spiro atoms. The average Bonchev–Trinajstić information content (AvgIpc) is 3.51. The van der Waals surface area contributed by atoms with Crippen molar-refractivity contribution >= 4 is 46.2 Å². The normalized spacial score (nSPS) is 10.6. The summed E-state index contributed by atoms with van der Waals surface area (Å²) < 4.78 is 1.92. The van der Waals surface area contributed by atoms with Crippen molar-refractivity contribution in [3.63, 3.8) is 0 Å². The monoisotopic (exact) mass is 441 g/mol. The first-order chi connectivity index (χ1) is 14.2. The highest BCUT2D eigenvalue weighted by molar-refractivity contribution is 7.99. The SMILES string of the molecule is O=C(CSc1nnc(-c2cccs2)n1-c1ccccc1)NNC(=O)c1cccs1. The smallest absolute Gasteiger partial charge is 0.272 e. The molecule has 3 heterocycles. The maximum absolute atomic E-state index is 12.2. The number of aromatic nitrogens is 3. The fourth-order valence-corrected chi connectivity index (χ4v) is 4.57. The summed E-state index contributed by atoms with van der Waals surface area (Å²) in [4.78, 5) is 25.6. The van der Waals surface area contributed by atoms with Crippen LogP contribution in [-0.2, 0) is 4.79 Å². The van der Waals surface area contributed by atoms with Crippen molar-refractivity contribution in [3.05, 3.63) is 70.2 Å². The molecule has 2 amide bonds. The highest BCUT2D eigenvalue weighted by Gasteiger charge is 2.18. The van der Waals surface area contributed by atoms with Gasteiger partial charge in [0, 0.05) is 5.69 Å². The van der Waals surface area contributed by atoms with E-state index in [2.05, 4.69) is 21.0 Å². The fraction of sp³-hybridized carbons (Fsp3) is 0.0526. The molecule has 1 aromatic carbocycles. The molecule has 146 valence electrons. The minimum Gasteiger partial charge on any atom is -0.272 e. The number of amides is 2. The molecule has 0 fully saturated rings. The lowest BCUT2D eigenvalue weighted by atomic mass is 10.3. The molecule has 3 aromatic heterocycles. The minimum absolute atomic E-state index is 0.0835. The number of nitrogens with zero attached hydrogens (tertiary/aromatic N) is 3. The zero-order valence-electron chi connectivity index (χ0n) is 14.9. The highest BCUT2D eigenvalue weighted by atomic mass is 32.2. The van der Waals surface area contributed by atoms with Crippen LogP contribution in [0.5, 0.6) is 0 Å². The Morgan fingerprint density at radius 3 is 2.45 bits per heavy atom. The van der Waals surface area contributed by atoms with Gasteiger partial charge in [0.1, 0.15) is 0 Å². The van der Waals surface area contributed by atoms with Crippen molar-refractivity contribution in [2.45, 2.75) is 5.16 Å². The number of benzene rings is 1. The van der Waals surface area contributed by atoms with Crippen molar-refractivity contribution in [3.8, 4) is 16.4 Å². The Labute approximate surface area is 178 Å². The summed E-state index contributed by atoms with van der Waals surface area (Å²) in [6.45, 7) is 0. The van der Waals surface area contributed by atoms with Gasteiger partial charge in [0.05, 0.1) is 15.5 Å². The molecule has 29 heavy (non-hydrogen) atoms. The second kappa shape index (κ2) is 9.03. The standard InChI is InChI=1S/C19H15N5O2S3/c25-16(20-22-18(26)15-9-5-11-28-15)12-29-19-23-21-17(14-8-4-10-27-14)24(19)13-6-2-1-3-7-13/h1-11H,12H2,(H,20,25)(H,22,26). The molecular weight excluding hydrogens is 426 g/mol. The van der Waals surface area contributed by atoms with Crippen molar-refractivity contribution in [1.82, 2.24) is 25.6 Å². The number of hydrogen-bond donors (Lipinski definition) is 2. The Balaban J connectivity index is 1.46. The maximum atomic E-state index is 12.2. The van der Waals surface area contributed by atoms with Crippen LogP contribution >= 0.6 is 34.4 Å². The van der Waals surface area contributed by atoms with E-state index in [0.29, 0.717) is 10.0 Å². The molecule has 0 aliphatic carbocycles. The number of thioether (sulfide) groups is 1. The van der Waals surface area contributed by atoms with Gasteiger partial charge in [-0.05, 0) is 35.0 Å². The molecule has 2 N–H and O–H groups in total. The predicted molar refractivity (Wildman–Crippen MR) is 115 cm³/mol. The fourth-order valence-electron chi connectivity index (χ4n) is 2.50. The quantitative estimate of drug-likeness (QED) is 0.352. The summed E-state index contributed by atoms with van der Waals surface area (Å²) >= 11 is 4.13. The molecule has 0 aliphatic rings. The zero-order valence-corrected chi connectivity index (χ0v) is 17.4. The van der Waals surface area contributed by atoms with E-state index in [0.717, 1.165) is 16.4 Å². The number of rotatable bonds is 6. The van der Waals surface area contributed by atoms with Gasteiger partial charge in [-0.3, -0.25) is 25.0 Å². The molecule has 0 aliphatic heterocycles. The predicted octanol–water partition coefficient (Wildman–Crippen LogP) is 3.61. The molecule has 0 unspecified atom stereocenters. The molecule has 0 radical (unpaired) electrons. The number of nitrogens with one attached hydrogen (secondary N) is 2. The summed E-state index contributed by atoms with van der Waals surface area (Å²) in [6, 6.07) is 17.2. The third-order valence-corrected chi connectivity index (χ3v) is 6.45. The number of para-hydroxylation sites is 1. The maximum Gasteiger partial charge on any atom is 0.279 e. The van der Waals surface area contributed by atoms with Crippen molar-refractivity contribution in [1.29, 1.82) is 0 Å². The van der Waals surface area contributed by atoms with Gasteiger partial charge in [0.15, 0.2) is 11.0 Å². The van der Waals surface area contributed by atoms with E-state index in [9.17, 15) is 9.59 Å². The van der Waals surface area contributed by atoms with Crippen LogP contribution in [0.2, 0.25) is 0 Å². The Morgan fingerprint density at radius 2 is 1.72 bits per heavy atom. The number of hydrogen-bond acceptors (Lipinski definition) is 7. The Bertz CT molecular complexity index is 1090. The van der Waals surface area contributed by atoms with E-state index in [4.69, 9.17) is 0 Å². The van der Waals surface area contributed by atoms with Gasteiger partial charge >= 0.3 is 0 Å². The van der Waals surface area contributed by atoms with Crippen molar-refractivity contribution < 1.29 is 9.59 Å². The third-order valence-electron chi connectivity index (χ3n) is 3.78. The number of carbonyl (C=O) groups is 2. The van der Waals surface area contributed by atoms with Gasteiger partial charge < -0.3 is 0 Å². The number of hydrazine groups is 1. The van der Waals surface area contributed by atoms with Gasteiger partial charge in [0.25, 0.3) is 5.91 Å². The molecule has 7 nitrogen and oxygen atoms in total. The zero-order chi connectivity index (χ0) is 20.1. The lowest BCUT2D eigenvalue weighted by Crippen LogP contribution is -2.42. The Kier molecular flexibility index (Phi) is 6.03. The van der Waals surface area contributed by atoms with Crippen molar-refractivity contribution in [2.24, 2.45) is 0 Å². The lowest BCUT2D eigenvalue weighted by Gasteiger charge is -2.09. The molecule has 0 saturated heterocycles. The Morgan fingerprint density at radius 1 is 0.931 bits per heavy atom. The molecular formula is C19H15N5O2S3. The van der Waals surface area contributed by atoms with Crippen LogP contribution in [0.15, 0.2) is 70.5 Å². The first-order valence-electron chi connectivity index (χ1n) is 8.52. The second-order valence-corrected chi connectivity index (χ2v) is 8.56. The van der Waals surface area contributed by atoms with E-state index in [1.54, 1.807) is 28.8 Å². The first kappa shape index (κ1) is 19.4. The number of carbonyl (C=O) groups excluding carboxylic acids is 2. The largest absolute Gasteiger partial charge is 0.279 e. The number of thiophene rings is 2. The van der Waals surface area contributed by atoms with E-state index in [1.165, 1.54) is 23.1 Å². The Hall–Kier alpha value is -2.95. The van der Waals surface area contributed by atoms with Crippen LogP contribution in [0, 0.1) is 0 Å². The molecule has 10 heteroatoms. The summed E-state index contributed by atoms with van der Waals surface area (Å²) in [6.07, 6.45) is 0. The van der Waals surface area contributed by atoms with Crippen molar-refractivity contribution in [2.75, 3.05) is 5.75 Å². The summed E-state index contributed by atoms with van der Waals surface area (Å²) in [5.41, 5.74) is 5.75. The summed E-state index contributed by atoms with van der Waals surface area (Å²) in [5.74, 6) is 0.131. The van der Waals surface area contributed by atoms with E-state index in [-0.39, 0.29) is 17.6 Å². The lowest BCUT2D eigenvalue weighted by molar-refractivity contribution is -0.119. The van der Waals surface area contributed by atoms with Crippen LogP contribution in [0.3, 0.4) is 0 Å². The average molecular weight is 442 g/mol. The molecule has 0 atom stereocenters. The van der Waals surface area contributed by atoms with Gasteiger partial charge in [-0.2, -0.15) is 0 Å². The van der Waals surface area contributed by atoms with E-state index in [1.807, 2.05) is 52.4 Å². The minimum atomic E-state index is -0.342. The molecule has 0 bridgehead atoms. The van der Waals surface area contributed by atoms with E-state index < -0.39 is 0 Å².